The number of hydrogen-bond donors (Lipinski definition) is 1. The summed E-state index contributed by atoms with van der Waals surface area (Å²) in [5, 5.41) is 4.16. The molecule has 0 saturated carbocycles. The Labute approximate surface area is 117 Å². The summed E-state index contributed by atoms with van der Waals surface area (Å²) in [6, 6.07) is 4.95. The zero-order chi connectivity index (χ0) is 14.5. The van der Waals surface area contributed by atoms with Crippen LogP contribution in [0.5, 0.6) is 11.5 Å². The van der Waals surface area contributed by atoms with E-state index in [1.54, 1.807) is 35.3 Å². The molecule has 0 spiro atoms. The normalized spacial score (nSPS) is 10.3. The van der Waals surface area contributed by atoms with Crippen molar-refractivity contribution in [3.8, 4) is 11.5 Å². The fourth-order valence-electron chi connectivity index (χ4n) is 1.81. The van der Waals surface area contributed by atoms with E-state index in [0.717, 1.165) is 13.0 Å². The monoisotopic (exact) mass is 275 g/mol. The lowest BCUT2D eigenvalue weighted by atomic mass is 10.2. The fraction of sp³-hybridized carbons (Fsp3) is 0.286. The Kier molecular flexibility index (Phi) is 4.24. The average molecular weight is 275 g/mol. The quantitative estimate of drug-likeness (QED) is 0.669. The number of methoxy groups -OCH3 is 1. The van der Waals surface area contributed by atoms with Crippen LogP contribution in [-0.2, 0) is 11.3 Å². The Morgan fingerprint density at radius 3 is 2.95 bits per heavy atom. The van der Waals surface area contributed by atoms with Gasteiger partial charge in [0.25, 0.3) is 0 Å². The van der Waals surface area contributed by atoms with E-state index >= 15 is 0 Å². The van der Waals surface area contributed by atoms with Crippen LogP contribution >= 0.6 is 0 Å². The number of aryl methyl sites for hydroxylation is 1. The molecule has 0 unspecified atom stereocenters. The molecule has 106 valence electrons. The molecule has 0 bridgehead atoms. The highest BCUT2D eigenvalue weighted by Crippen LogP contribution is 2.31. The predicted molar refractivity (Wildman–Crippen MR) is 74.8 cm³/mol. The van der Waals surface area contributed by atoms with Gasteiger partial charge < -0.3 is 15.2 Å². The number of hydrogen-bond acceptors (Lipinski definition) is 5. The van der Waals surface area contributed by atoms with Gasteiger partial charge in [-0.3, -0.25) is 4.68 Å². The molecule has 2 rings (SSSR count). The third-order valence-corrected chi connectivity index (χ3v) is 2.73. The van der Waals surface area contributed by atoms with Crippen LogP contribution in [0.25, 0.3) is 0 Å². The van der Waals surface area contributed by atoms with Gasteiger partial charge >= 0.3 is 5.97 Å². The maximum atomic E-state index is 11.7. The van der Waals surface area contributed by atoms with Gasteiger partial charge in [0.2, 0.25) is 0 Å². The minimum atomic E-state index is -0.492. The predicted octanol–water partition coefficient (Wildman–Crippen LogP) is 2.45. The van der Waals surface area contributed by atoms with Gasteiger partial charge in [-0.1, -0.05) is 13.0 Å². The molecule has 2 aromatic rings. The van der Waals surface area contributed by atoms with E-state index in [1.165, 1.54) is 7.11 Å². The summed E-state index contributed by atoms with van der Waals surface area (Å²) in [6.07, 6.45) is 4.32. The number of para-hydroxylation sites is 1. The maximum Gasteiger partial charge on any atom is 0.341 e. The highest BCUT2D eigenvalue weighted by atomic mass is 16.5. The van der Waals surface area contributed by atoms with Gasteiger partial charge in [-0.15, -0.1) is 0 Å². The van der Waals surface area contributed by atoms with E-state index < -0.39 is 5.97 Å². The van der Waals surface area contributed by atoms with Gasteiger partial charge in [0, 0.05) is 6.54 Å². The van der Waals surface area contributed by atoms with Crippen molar-refractivity contribution in [2.24, 2.45) is 0 Å². The van der Waals surface area contributed by atoms with Crippen LogP contribution in [0.3, 0.4) is 0 Å². The van der Waals surface area contributed by atoms with Crippen molar-refractivity contribution < 1.29 is 14.3 Å². The van der Waals surface area contributed by atoms with Crippen molar-refractivity contribution in [1.82, 2.24) is 9.78 Å². The SMILES string of the molecule is CCCn1cc(Oc2c(N)cccc2C(=O)OC)cn1. The largest absolute Gasteiger partial charge is 0.465 e. The molecule has 0 fully saturated rings. The average Bonchev–Trinajstić information content (AvgIpc) is 2.88. The van der Waals surface area contributed by atoms with Crippen LogP contribution in [0, 0.1) is 0 Å². The number of aromatic nitrogens is 2. The summed E-state index contributed by atoms with van der Waals surface area (Å²) < 4.78 is 12.2. The van der Waals surface area contributed by atoms with Gasteiger partial charge in [0.1, 0.15) is 5.56 Å². The molecule has 0 amide bonds. The number of anilines is 1. The molecule has 1 aromatic carbocycles. The molecule has 0 aliphatic rings. The van der Waals surface area contributed by atoms with Crippen molar-refractivity contribution in [2.75, 3.05) is 12.8 Å². The zero-order valence-electron chi connectivity index (χ0n) is 11.5. The minimum Gasteiger partial charge on any atom is -0.465 e. The number of rotatable bonds is 5. The lowest BCUT2D eigenvalue weighted by Gasteiger charge is -2.10. The van der Waals surface area contributed by atoms with Crippen molar-refractivity contribution in [3.05, 3.63) is 36.2 Å². The number of carbonyl (C=O) groups is 1. The van der Waals surface area contributed by atoms with Crippen molar-refractivity contribution in [3.63, 3.8) is 0 Å². The number of esters is 1. The molecule has 6 nitrogen and oxygen atoms in total. The maximum absolute atomic E-state index is 11.7. The molecule has 0 aliphatic heterocycles. The van der Waals surface area contributed by atoms with E-state index in [1.807, 2.05) is 0 Å². The number of nitrogens with zero attached hydrogens (tertiary/aromatic N) is 2. The minimum absolute atomic E-state index is 0.287. The van der Waals surface area contributed by atoms with Crippen LogP contribution in [-0.4, -0.2) is 22.9 Å². The van der Waals surface area contributed by atoms with Crippen LogP contribution in [0.2, 0.25) is 0 Å². The smallest absolute Gasteiger partial charge is 0.341 e. The van der Waals surface area contributed by atoms with Crippen LogP contribution in [0.4, 0.5) is 5.69 Å². The van der Waals surface area contributed by atoms with Gasteiger partial charge in [-0.2, -0.15) is 5.10 Å². The van der Waals surface area contributed by atoms with Crippen molar-refractivity contribution in [2.45, 2.75) is 19.9 Å². The second-order valence-electron chi connectivity index (χ2n) is 4.26. The number of carbonyl (C=O) groups excluding carboxylic acids is 1. The third kappa shape index (κ3) is 2.90. The van der Waals surface area contributed by atoms with Crippen LogP contribution in [0.1, 0.15) is 23.7 Å². The lowest BCUT2D eigenvalue weighted by molar-refractivity contribution is 0.0598. The van der Waals surface area contributed by atoms with Gasteiger partial charge in [-0.25, -0.2) is 4.79 Å². The Morgan fingerprint density at radius 1 is 1.45 bits per heavy atom. The number of nitrogens with two attached hydrogens (primary N) is 1. The summed E-state index contributed by atoms with van der Waals surface area (Å²) in [5.41, 5.74) is 6.53. The van der Waals surface area contributed by atoms with Gasteiger partial charge in [0.15, 0.2) is 11.5 Å². The first-order chi connectivity index (χ1) is 9.65. The topological polar surface area (TPSA) is 79.4 Å². The molecule has 0 saturated heterocycles. The fourth-order valence-corrected chi connectivity index (χ4v) is 1.81. The molecule has 6 heteroatoms. The lowest BCUT2D eigenvalue weighted by Crippen LogP contribution is -2.05. The van der Waals surface area contributed by atoms with E-state index in [9.17, 15) is 4.79 Å². The Balaban J connectivity index is 2.29. The number of nitrogen functional groups attached to an aromatic ring is 1. The standard InChI is InChI=1S/C14H17N3O3/c1-3-7-17-9-10(8-16-17)20-13-11(14(18)19-2)5-4-6-12(13)15/h4-6,8-9H,3,7,15H2,1-2H3. The molecule has 2 N–H and O–H groups in total. The first-order valence-electron chi connectivity index (χ1n) is 6.32. The second-order valence-corrected chi connectivity index (χ2v) is 4.26. The molecule has 1 heterocycles. The Hall–Kier alpha value is -2.50. The summed E-state index contributed by atoms with van der Waals surface area (Å²) in [6.45, 7) is 2.87. The number of benzene rings is 1. The van der Waals surface area contributed by atoms with E-state index in [2.05, 4.69) is 12.0 Å². The summed E-state index contributed by atoms with van der Waals surface area (Å²) in [4.78, 5) is 11.7. The molecule has 0 radical (unpaired) electrons. The van der Waals surface area contributed by atoms with E-state index in [0.29, 0.717) is 11.4 Å². The van der Waals surface area contributed by atoms with E-state index in [-0.39, 0.29) is 11.3 Å². The highest BCUT2D eigenvalue weighted by Gasteiger charge is 2.16. The summed E-state index contributed by atoms with van der Waals surface area (Å²) >= 11 is 0. The van der Waals surface area contributed by atoms with Crippen molar-refractivity contribution >= 4 is 11.7 Å². The van der Waals surface area contributed by atoms with Gasteiger partial charge in [-0.05, 0) is 18.6 Å². The van der Waals surface area contributed by atoms with Crippen LogP contribution in [0.15, 0.2) is 30.6 Å². The van der Waals surface area contributed by atoms with E-state index in [4.69, 9.17) is 15.2 Å². The van der Waals surface area contributed by atoms with Crippen molar-refractivity contribution in [1.29, 1.82) is 0 Å². The zero-order valence-corrected chi connectivity index (χ0v) is 11.5. The molecule has 1 aromatic heterocycles. The molecule has 0 atom stereocenters. The molecular weight excluding hydrogens is 258 g/mol. The number of ether oxygens (including phenoxy) is 2. The highest BCUT2D eigenvalue weighted by molar-refractivity contribution is 5.94. The Morgan fingerprint density at radius 2 is 2.25 bits per heavy atom. The second kappa shape index (κ2) is 6.10. The molecule has 20 heavy (non-hydrogen) atoms. The van der Waals surface area contributed by atoms with Gasteiger partial charge in [0.05, 0.1) is 25.2 Å². The van der Waals surface area contributed by atoms with Crippen LogP contribution < -0.4 is 10.5 Å². The summed E-state index contributed by atoms with van der Waals surface area (Å²) in [5.74, 6) is 0.324. The first-order valence-corrected chi connectivity index (χ1v) is 6.32. The Bertz CT molecular complexity index is 607. The third-order valence-electron chi connectivity index (χ3n) is 2.73. The summed E-state index contributed by atoms with van der Waals surface area (Å²) in [7, 11) is 1.31. The molecule has 0 aliphatic carbocycles. The molecular formula is C14H17N3O3. The first kappa shape index (κ1) is 13.9.